The first-order chi connectivity index (χ1) is 9.06. The molecule has 1 heterocycles. The molecule has 1 aromatic heterocycles. The van der Waals surface area contributed by atoms with E-state index >= 15 is 0 Å². The Morgan fingerprint density at radius 2 is 1.95 bits per heavy atom. The number of hydrogen-bond acceptors (Lipinski definition) is 3. The molecule has 4 heteroatoms. The van der Waals surface area contributed by atoms with Crippen molar-refractivity contribution in [3.63, 3.8) is 0 Å². The lowest BCUT2D eigenvalue weighted by atomic mass is 10.1. The number of nitrogen functional groups attached to an aromatic ring is 1. The molecule has 0 amide bonds. The highest BCUT2D eigenvalue weighted by Crippen LogP contribution is 2.30. The van der Waals surface area contributed by atoms with Crippen LogP contribution in [0.15, 0.2) is 34.7 Å². The Kier molecular flexibility index (Phi) is 2.52. The molecule has 0 aliphatic rings. The maximum Gasteiger partial charge on any atom is 0.227 e. The number of benzene rings is 2. The first-order valence-electron chi connectivity index (χ1n) is 5.98. The van der Waals surface area contributed by atoms with E-state index in [2.05, 4.69) is 4.98 Å². The number of rotatable bonds is 1. The normalized spacial score (nSPS) is 11.1. The SMILES string of the molecule is Cc1c(N)cc2nc(-c3cccc(F)c3)oc2c1C. The predicted molar refractivity (Wildman–Crippen MR) is 73.3 cm³/mol. The van der Waals surface area contributed by atoms with Gasteiger partial charge in [0.1, 0.15) is 11.3 Å². The van der Waals surface area contributed by atoms with Crippen LogP contribution in [0.1, 0.15) is 11.1 Å². The smallest absolute Gasteiger partial charge is 0.227 e. The number of nitrogens with zero attached hydrogens (tertiary/aromatic N) is 1. The highest BCUT2D eigenvalue weighted by Gasteiger charge is 2.13. The molecule has 3 nitrogen and oxygen atoms in total. The van der Waals surface area contributed by atoms with E-state index in [0.717, 1.165) is 11.1 Å². The van der Waals surface area contributed by atoms with Gasteiger partial charge in [0.2, 0.25) is 5.89 Å². The minimum absolute atomic E-state index is 0.313. The van der Waals surface area contributed by atoms with Gasteiger partial charge in [-0.15, -0.1) is 0 Å². The number of fused-ring (bicyclic) bond motifs is 1. The summed E-state index contributed by atoms with van der Waals surface area (Å²) >= 11 is 0. The second kappa shape index (κ2) is 4.09. The van der Waals surface area contributed by atoms with Crippen LogP contribution in [-0.4, -0.2) is 4.98 Å². The Hall–Kier alpha value is -2.36. The summed E-state index contributed by atoms with van der Waals surface area (Å²) in [6.45, 7) is 3.88. The van der Waals surface area contributed by atoms with E-state index in [1.807, 2.05) is 13.8 Å². The van der Waals surface area contributed by atoms with Crippen molar-refractivity contribution in [2.45, 2.75) is 13.8 Å². The molecule has 0 aliphatic heterocycles. The molecule has 96 valence electrons. The Balaban J connectivity index is 2.25. The molecule has 0 fully saturated rings. The minimum atomic E-state index is -0.313. The average Bonchev–Trinajstić information content (AvgIpc) is 2.80. The van der Waals surface area contributed by atoms with E-state index in [-0.39, 0.29) is 5.82 Å². The summed E-state index contributed by atoms with van der Waals surface area (Å²) in [4.78, 5) is 4.37. The van der Waals surface area contributed by atoms with Gasteiger partial charge in [0, 0.05) is 11.3 Å². The van der Waals surface area contributed by atoms with E-state index < -0.39 is 0 Å². The van der Waals surface area contributed by atoms with Crippen LogP contribution in [0.5, 0.6) is 0 Å². The average molecular weight is 256 g/mol. The fourth-order valence-corrected chi connectivity index (χ4v) is 2.09. The van der Waals surface area contributed by atoms with Crippen molar-refractivity contribution in [3.05, 3.63) is 47.3 Å². The van der Waals surface area contributed by atoms with Gasteiger partial charge in [0.05, 0.1) is 0 Å². The van der Waals surface area contributed by atoms with Crippen LogP contribution in [0.4, 0.5) is 10.1 Å². The van der Waals surface area contributed by atoms with Crippen molar-refractivity contribution in [3.8, 4) is 11.5 Å². The second-order valence-corrected chi connectivity index (χ2v) is 4.59. The fraction of sp³-hybridized carbons (Fsp3) is 0.133. The van der Waals surface area contributed by atoms with Gasteiger partial charge in [0.15, 0.2) is 5.58 Å². The van der Waals surface area contributed by atoms with Gasteiger partial charge in [-0.3, -0.25) is 0 Å². The fourth-order valence-electron chi connectivity index (χ4n) is 2.09. The van der Waals surface area contributed by atoms with Gasteiger partial charge in [-0.05, 0) is 49.2 Å². The number of halogens is 1. The molecule has 0 radical (unpaired) electrons. The van der Waals surface area contributed by atoms with Crippen LogP contribution in [0.3, 0.4) is 0 Å². The van der Waals surface area contributed by atoms with Gasteiger partial charge in [-0.1, -0.05) is 6.07 Å². The Morgan fingerprint density at radius 3 is 2.68 bits per heavy atom. The van der Waals surface area contributed by atoms with E-state index in [1.165, 1.54) is 12.1 Å². The number of anilines is 1. The first-order valence-corrected chi connectivity index (χ1v) is 5.98. The van der Waals surface area contributed by atoms with Crippen LogP contribution in [0.2, 0.25) is 0 Å². The van der Waals surface area contributed by atoms with Crippen LogP contribution in [-0.2, 0) is 0 Å². The monoisotopic (exact) mass is 256 g/mol. The third kappa shape index (κ3) is 1.85. The highest BCUT2D eigenvalue weighted by atomic mass is 19.1. The number of aryl methyl sites for hydroxylation is 1. The zero-order valence-electron chi connectivity index (χ0n) is 10.7. The van der Waals surface area contributed by atoms with Crippen LogP contribution in [0.25, 0.3) is 22.6 Å². The third-order valence-electron chi connectivity index (χ3n) is 3.35. The zero-order valence-corrected chi connectivity index (χ0v) is 10.7. The molecule has 0 saturated carbocycles. The summed E-state index contributed by atoms with van der Waals surface area (Å²) in [5, 5.41) is 0. The number of aromatic nitrogens is 1. The lowest BCUT2D eigenvalue weighted by Gasteiger charge is -2.02. The van der Waals surface area contributed by atoms with Crippen molar-refractivity contribution in [2.75, 3.05) is 5.73 Å². The Labute approximate surface area is 109 Å². The van der Waals surface area contributed by atoms with Crippen molar-refractivity contribution < 1.29 is 8.81 Å². The molecule has 0 aliphatic carbocycles. The maximum atomic E-state index is 13.2. The summed E-state index contributed by atoms with van der Waals surface area (Å²) in [6.07, 6.45) is 0. The lowest BCUT2D eigenvalue weighted by Crippen LogP contribution is -1.92. The van der Waals surface area contributed by atoms with Gasteiger partial charge in [-0.25, -0.2) is 9.37 Å². The quantitative estimate of drug-likeness (QED) is 0.673. The number of oxazole rings is 1. The molecule has 0 atom stereocenters. The molecule has 0 spiro atoms. The Bertz CT molecular complexity index is 777. The molecule has 2 aromatic carbocycles. The van der Waals surface area contributed by atoms with E-state index in [1.54, 1.807) is 18.2 Å². The van der Waals surface area contributed by atoms with Crippen molar-refractivity contribution in [1.29, 1.82) is 0 Å². The number of nitrogens with two attached hydrogens (primary N) is 1. The van der Waals surface area contributed by atoms with Gasteiger partial charge < -0.3 is 10.2 Å². The molecular weight excluding hydrogens is 243 g/mol. The van der Waals surface area contributed by atoms with Crippen LogP contribution in [0, 0.1) is 19.7 Å². The third-order valence-corrected chi connectivity index (χ3v) is 3.35. The Morgan fingerprint density at radius 1 is 1.16 bits per heavy atom. The van der Waals surface area contributed by atoms with Crippen LogP contribution < -0.4 is 5.73 Å². The molecule has 0 unspecified atom stereocenters. The van der Waals surface area contributed by atoms with Crippen molar-refractivity contribution in [2.24, 2.45) is 0 Å². The van der Waals surface area contributed by atoms with E-state index in [0.29, 0.717) is 28.2 Å². The molecule has 19 heavy (non-hydrogen) atoms. The summed E-state index contributed by atoms with van der Waals surface area (Å²) in [7, 11) is 0. The molecule has 3 rings (SSSR count). The standard InChI is InChI=1S/C15H13FN2O/c1-8-9(2)14-13(7-12(8)17)18-15(19-14)10-4-3-5-11(16)6-10/h3-7H,17H2,1-2H3. The molecule has 3 aromatic rings. The summed E-state index contributed by atoms with van der Waals surface area (Å²) < 4.78 is 19.0. The molecule has 0 saturated heterocycles. The van der Waals surface area contributed by atoms with Crippen LogP contribution >= 0.6 is 0 Å². The number of hydrogen-bond donors (Lipinski definition) is 1. The first kappa shape index (κ1) is 11.7. The summed E-state index contributed by atoms with van der Waals surface area (Å²) in [5.74, 6) is 0.0924. The summed E-state index contributed by atoms with van der Waals surface area (Å²) in [6, 6.07) is 7.96. The van der Waals surface area contributed by atoms with Gasteiger partial charge in [-0.2, -0.15) is 0 Å². The largest absolute Gasteiger partial charge is 0.436 e. The maximum absolute atomic E-state index is 13.2. The van der Waals surface area contributed by atoms with Gasteiger partial charge >= 0.3 is 0 Å². The van der Waals surface area contributed by atoms with E-state index in [4.69, 9.17) is 10.2 Å². The van der Waals surface area contributed by atoms with Crippen molar-refractivity contribution in [1.82, 2.24) is 4.98 Å². The zero-order chi connectivity index (χ0) is 13.6. The topological polar surface area (TPSA) is 52.0 Å². The summed E-state index contributed by atoms with van der Waals surface area (Å²) in [5.41, 5.74) is 10.6. The van der Waals surface area contributed by atoms with Gasteiger partial charge in [0.25, 0.3) is 0 Å². The molecular formula is C15H13FN2O. The molecule has 2 N–H and O–H groups in total. The lowest BCUT2D eigenvalue weighted by molar-refractivity contribution is 0.609. The second-order valence-electron chi connectivity index (χ2n) is 4.59. The minimum Gasteiger partial charge on any atom is -0.436 e. The van der Waals surface area contributed by atoms with Crippen molar-refractivity contribution >= 4 is 16.8 Å². The van der Waals surface area contributed by atoms with E-state index in [9.17, 15) is 4.39 Å². The molecule has 0 bridgehead atoms. The predicted octanol–water partition coefficient (Wildman–Crippen LogP) is 3.83. The highest BCUT2D eigenvalue weighted by molar-refractivity contribution is 5.84.